The first-order valence-electron chi connectivity index (χ1n) is 8.25. The van der Waals surface area contributed by atoms with Crippen molar-refractivity contribution in [1.29, 1.82) is 0 Å². The molecule has 7 heteroatoms. The first kappa shape index (κ1) is 16.9. The number of nitrogens with zero attached hydrogens (tertiary/aromatic N) is 5. The van der Waals surface area contributed by atoms with Gasteiger partial charge in [-0.25, -0.2) is 9.50 Å². The van der Waals surface area contributed by atoms with Crippen LogP contribution in [0.15, 0.2) is 30.9 Å². The molecular formula is C17H23ClN6. The Morgan fingerprint density at radius 2 is 2.08 bits per heavy atom. The lowest BCUT2D eigenvalue weighted by atomic mass is 9.83. The van der Waals surface area contributed by atoms with Crippen LogP contribution in [0.3, 0.4) is 0 Å². The van der Waals surface area contributed by atoms with Gasteiger partial charge in [0, 0.05) is 30.8 Å². The number of aryl methyl sites for hydroxylation is 1. The van der Waals surface area contributed by atoms with Gasteiger partial charge in [-0.15, -0.1) is 12.4 Å². The summed E-state index contributed by atoms with van der Waals surface area (Å²) >= 11 is 0. The third kappa shape index (κ3) is 3.03. The molecule has 128 valence electrons. The molecule has 3 aromatic rings. The Labute approximate surface area is 147 Å². The summed E-state index contributed by atoms with van der Waals surface area (Å²) in [4.78, 5) is 5.01. The highest BCUT2D eigenvalue weighted by Crippen LogP contribution is 2.35. The fourth-order valence-corrected chi connectivity index (χ4v) is 3.65. The molecule has 0 bridgehead atoms. The molecule has 1 saturated carbocycles. The fourth-order valence-electron chi connectivity index (χ4n) is 3.65. The average Bonchev–Trinajstić information content (AvgIpc) is 3.22. The van der Waals surface area contributed by atoms with E-state index in [1.54, 1.807) is 0 Å². The van der Waals surface area contributed by atoms with Gasteiger partial charge in [0.1, 0.15) is 0 Å². The molecule has 0 spiro atoms. The lowest BCUT2D eigenvalue weighted by Gasteiger charge is -2.29. The van der Waals surface area contributed by atoms with Gasteiger partial charge in [-0.05, 0) is 32.4 Å². The van der Waals surface area contributed by atoms with Crippen LogP contribution in [-0.4, -0.2) is 37.5 Å². The Balaban J connectivity index is 0.00000169. The molecule has 3 heterocycles. The predicted octanol–water partition coefficient (Wildman–Crippen LogP) is 2.80. The maximum atomic E-state index is 5.01. The van der Waals surface area contributed by atoms with Gasteiger partial charge in [-0.2, -0.15) is 10.2 Å². The van der Waals surface area contributed by atoms with E-state index in [1.165, 1.54) is 25.0 Å². The van der Waals surface area contributed by atoms with E-state index in [2.05, 4.69) is 28.6 Å². The number of rotatable bonds is 3. The number of hydrogen-bond acceptors (Lipinski definition) is 4. The van der Waals surface area contributed by atoms with Crippen molar-refractivity contribution in [2.75, 3.05) is 7.05 Å². The lowest BCUT2D eigenvalue weighted by Crippen LogP contribution is -2.31. The molecule has 1 aliphatic carbocycles. The molecule has 24 heavy (non-hydrogen) atoms. The van der Waals surface area contributed by atoms with Gasteiger partial charge < -0.3 is 5.32 Å². The molecule has 2 atom stereocenters. The van der Waals surface area contributed by atoms with Gasteiger partial charge >= 0.3 is 0 Å². The van der Waals surface area contributed by atoms with Crippen molar-refractivity contribution in [2.24, 2.45) is 7.05 Å². The Morgan fingerprint density at radius 3 is 2.83 bits per heavy atom. The lowest BCUT2D eigenvalue weighted by molar-refractivity contribution is 0.352. The van der Waals surface area contributed by atoms with Crippen LogP contribution in [0, 0.1) is 0 Å². The predicted molar refractivity (Wildman–Crippen MR) is 96.5 cm³/mol. The number of fused-ring (bicyclic) bond motifs is 1. The molecule has 4 rings (SSSR count). The molecule has 1 N–H and O–H groups in total. The zero-order valence-corrected chi connectivity index (χ0v) is 14.8. The molecule has 0 aliphatic heterocycles. The van der Waals surface area contributed by atoms with Gasteiger partial charge in [0.2, 0.25) is 0 Å². The number of halogens is 1. The molecule has 3 aromatic heterocycles. The average molecular weight is 347 g/mol. The summed E-state index contributed by atoms with van der Waals surface area (Å²) in [6.45, 7) is 0. The molecule has 1 aliphatic rings. The van der Waals surface area contributed by atoms with Gasteiger partial charge in [-0.1, -0.05) is 6.42 Å². The number of hydrogen-bond donors (Lipinski definition) is 1. The Hall–Kier alpha value is -1.92. The van der Waals surface area contributed by atoms with Gasteiger partial charge in [-0.3, -0.25) is 4.68 Å². The summed E-state index contributed by atoms with van der Waals surface area (Å²) < 4.78 is 3.76. The van der Waals surface area contributed by atoms with Crippen LogP contribution in [0.1, 0.15) is 37.3 Å². The fraction of sp³-hybridized carbons (Fsp3) is 0.471. The zero-order chi connectivity index (χ0) is 15.8. The maximum absolute atomic E-state index is 5.01. The van der Waals surface area contributed by atoms with Crippen LogP contribution in [-0.2, 0) is 7.05 Å². The van der Waals surface area contributed by atoms with E-state index in [-0.39, 0.29) is 12.4 Å². The summed E-state index contributed by atoms with van der Waals surface area (Å²) in [6.07, 6.45) is 12.5. The van der Waals surface area contributed by atoms with E-state index >= 15 is 0 Å². The van der Waals surface area contributed by atoms with Crippen molar-refractivity contribution >= 4 is 17.9 Å². The summed E-state index contributed by atoms with van der Waals surface area (Å²) in [5.41, 5.74) is 4.27. The van der Waals surface area contributed by atoms with Gasteiger partial charge in [0.15, 0.2) is 0 Å². The monoisotopic (exact) mass is 346 g/mol. The second-order valence-corrected chi connectivity index (χ2v) is 6.42. The summed E-state index contributed by atoms with van der Waals surface area (Å²) in [6, 6.07) is 2.65. The van der Waals surface area contributed by atoms with Crippen molar-refractivity contribution in [2.45, 2.75) is 37.6 Å². The minimum Gasteiger partial charge on any atom is -0.317 e. The topological polar surface area (TPSA) is 60.0 Å². The van der Waals surface area contributed by atoms with Crippen LogP contribution in [0.2, 0.25) is 0 Å². The minimum atomic E-state index is 0. The van der Waals surface area contributed by atoms with E-state index in [4.69, 9.17) is 4.98 Å². The molecule has 0 unspecified atom stereocenters. The number of nitrogens with one attached hydrogen (secondary N) is 1. The van der Waals surface area contributed by atoms with E-state index in [1.807, 2.05) is 41.0 Å². The largest absolute Gasteiger partial charge is 0.317 e. The third-order valence-corrected chi connectivity index (χ3v) is 4.89. The second-order valence-electron chi connectivity index (χ2n) is 6.42. The standard InChI is InChI=1S/C17H22N6.ClH/c1-18-14-5-3-4-12(8-14)17-16-6-7-19-23(16)11-15(21-17)13-9-20-22(2)10-13;/h6-7,9-12,14,18H,3-5,8H2,1-2H3;1H/t12-,14+;/m1./s1. The van der Waals surface area contributed by atoms with E-state index in [0.717, 1.165) is 23.2 Å². The smallest absolute Gasteiger partial charge is 0.0921 e. The van der Waals surface area contributed by atoms with E-state index < -0.39 is 0 Å². The highest BCUT2D eigenvalue weighted by Gasteiger charge is 2.25. The highest BCUT2D eigenvalue weighted by atomic mass is 35.5. The van der Waals surface area contributed by atoms with Crippen molar-refractivity contribution in [3.05, 3.63) is 36.5 Å². The molecule has 1 fully saturated rings. The molecule has 0 saturated heterocycles. The quantitative estimate of drug-likeness (QED) is 0.792. The minimum absolute atomic E-state index is 0. The molecule has 0 radical (unpaired) electrons. The van der Waals surface area contributed by atoms with Crippen molar-refractivity contribution in [3.63, 3.8) is 0 Å². The van der Waals surface area contributed by atoms with Crippen molar-refractivity contribution < 1.29 is 0 Å². The van der Waals surface area contributed by atoms with E-state index in [0.29, 0.717) is 12.0 Å². The normalized spacial score (nSPS) is 20.9. The number of aromatic nitrogens is 5. The SMILES string of the molecule is CN[C@H]1CCC[C@@H](c2nc(-c3cnn(C)c3)cn3nccc23)C1.Cl. The van der Waals surface area contributed by atoms with Gasteiger partial charge in [0.05, 0.1) is 35.5 Å². The van der Waals surface area contributed by atoms with Crippen LogP contribution in [0.4, 0.5) is 0 Å². The van der Waals surface area contributed by atoms with Crippen LogP contribution in [0.25, 0.3) is 16.8 Å². The summed E-state index contributed by atoms with van der Waals surface area (Å²) in [5.74, 6) is 0.483. The van der Waals surface area contributed by atoms with Gasteiger partial charge in [0.25, 0.3) is 0 Å². The van der Waals surface area contributed by atoms with Crippen LogP contribution in [0.5, 0.6) is 0 Å². The second kappa shape index (κ2) is 6.91. The summed E-state index contributed by atoms with van der Waals surface area (Å²) in [7, 11) is 3.98. The van der Waals surface area contributed by atoms with Crippen LogP contribution < -0.4 is 5.32 Å². The highest BCUT2D eigenvalue weighted by molar-refractivity contribution is 5.85. The Kier molecular flexibility index (Phi) is 4.87. The zero-order valence-electron chi connectivity index (χ0n) is 14.0. The van der Waals surface area contributed by atoms with Crippen molar-refractivity contribution in [3.8, 4) is 11.3 Å². The Morgan fingerprint density at radius 1 is 1.21 bits per heavy atom. The first-order chi connectivity index (χ1) is 11.2. The molecule has 0 amide bonds. The van der Waals surface area contributed by atoms with Crippen LogP contribution >= 0.6 is 12.4 Å². The molecule has 6 nitrogen and oxygen atoms in total. The molecular weight excluding hydrogens is 324 g/mol. The molecule has 0 aromatic carbocycles. The summed E-state index contributed by atoms with van der Waals surface area (Å²) in [5, 5.41) is 12.1. The Bertz CT molecular complexity index is 823. The van der Waals surface area contributed by atoms with Crippen molar-refractivity contribution in [1.82, 2.24) is 29.7 Å². The maximum Gasteiger partial charge on any atom is 0.0921 e. The first-order valence-corrected chi connectivity index (χ1v) is 8.25. The van der Waals surface area contributed by atoms with E-state index in [9.17, 15) is 0 Å². The third-order valence-electron chi connectivity index (χ3n) is 4.89.